The van der Waals surface area contributed by atoms with E-state index < -0.39 is 0 Å². The molecule has 2 heterocycles. The van der Waals surface area contributed by atoms with Crippen molar-refractivity contribution in [1.82, 2.24) is 14.9 Å². The Morgan fingerprint density at radius 1 is 1.40 bits per heavy atom. The number of nitrogens with one attached hydrogen (secondary N) is 1. The highest BCUT2D eigenvalue weighted by Crippen LogP contribution is 2.28. The third kappa shape index (κ3) is 2.85. The Kier molecular flexibility index (Phi) is 4.58. The smallest absolute Gasteiger partial charge is 0.111 e. The first-order chi connectivity index (χ1) is 9.79. The summed E-state index contributed by atoms with van der Waals surface area (Å²) in [5.41, 5.74) is 2.33. The number of thioether (sulfide) groups is 2. The lowest BCUT2D eigenvalue weighted by atomic mass is 10.1. The molecule has 1 fully saturated rings. The van der Waals surface area contributed by atoms with Gasteiger partial charge in [-0.15, -0.1) is 0 Å². The zero-order valence-electron chi connectivity index (χ0n) is 12.0. The minimum absolute atomic E-state index is 0.503. The van der Waals surface area contributed by atoms with E-state index in [1.165, 1.54) is 28.6 Å². The van der Waals surface area contributed by atoms with Crippen molar-refractivity contribution in [2.75, 3.05) is 24.3 Å². The molecular weight excluding hydrogens is 286 g/mol. The highest BCUT2D eigenvalue weighted by Gasteiger charge is 2.25. The van der Waals surface area contributed by atoms with E-state index in [-0.39, 0.29) is 0 Å². The lowest BCUT2D eigenvalue weighted by Gasteiger charge is -2.29. The molecule has 1 aliphatic heterocycles. The Hall–Kier alpha value is -0.650. The normalized spacial score (nSPS) is 21.2. The molecule has 3 rings (SSSR count). The van der Waals surface area contributed by atoms with Crippen LogP contribution in [0, 0.1) is 0 Å². The zero-order valence-corrected chi connectivity index (χ0v) is 13.6. The highest BCUT2D eigenvalue weighted by molar-refractivity contribution is 8.06. The average molecular weight is 307 g/mol. The van der Waals surface area contributed by atoms with Crippen LogP contribution in [0.15, 0.2) is 24.3 Å². The molecule has 0 saturated carbocycles. The quantitative estimate of drug-likeness (QED) is 0.940. The SMILES string of the molecule is CNC(Cc1nc2ccccc2n1C)C1CSCCS1. The van der Waals surface area contributed by atoms with Gasteiger partial charge in [-0.3, -0.25) is 0 Å². The van der Waals surface area contributed by atoms with Gasteiger partial charge >= 0.3 is 0 Å². The molecule has 2 atom stereocenters. The van der Waals surface area contributed by atoms with Gasteiger partial charge in [0.15, 0.2) is 0 Å². The number of nitrogens with zero attached hydrogens (tertiary/aromatic N) is 2. The second-order valence-corrected chi connectivity index (χ2v) is 7.66. The maximum absolute atomic E-state index is 4.80. The monoisotopic (exact) mass is 307 g/mol. The molecule has 1 saturated heterocycles. The third-order valence-corrected chi connectivity index (χ3v) is 6.86. The molecule has 0 aliphatic carbocycles. The molecule has 2 unspecified atom stereocenters. The summed E-state index contributed by atoms with van der Waals surface area (Å²) in [5.74, 6) is 5.00. The van der Waals surface area contributed by atoms with E-state index >= 15 is 0 Å². The van der Waals surface area contributed by atoms with Crippen molar-refractivity contribution in [3.05, 3.63) is 30.1 Å². The van der Waals surface area contributed by atoms with Crippen LogP contribution in [-0.2, 0) is 13.5 Å². The van der Waals surface area contributed by atoms with Crippen molar-refractivity contribution in [1.29, 1.82) is 0 Å². The number of para-hydroxylation sites is 2. The molecule has 20 heavy (non-hydrogen) atoms. The maximum atomic E-state index is 4.80. The highest BCUT2D eigenvalue weighted by atomic mass is 32.2. The number of likely N-dealkylation sites (N-methyl/N-ethyl adjacent to an activating group) is 1. The van der Waals surface area contributed by atoms with Crippen LogP contribution in [0.25, 0.3) is 11.0 Å². The number of aromatic nitrogens is 2. The molecule has 1 N–H and O–H groups in total. The predicted octanol–water partition coefficient (Wildman–Crippen LogP) is 2.55. The number of benzene rings is 1. The molecule has 0 radical (unpaired) electrons. The molecule has 108 valence electrons. The van der Waals surface area contributed by atoms with Crippen LogP contribution in [0.5, 0.6) is 0 Å². The van der Waals surface area contributed by atoms with Gasteiger partial charge in [0.2, 0.25) is 0 Å². The molecule has 1 aromatic heterocycles. The van der Waals surface area contributed by atoms with Gasteiger partial charge in [0.1, 0.15) is 5.82 Å². The van der Waals surface area contributed by atoms with Gasteiger partial charge in [0.05, 0.1) is 11.0 Å². The van der Waals surface area contributed by atoms with Crippen LogP contribution in [0.4, 0.5) is 0 Å². The molecule has 0 spiro atoms. The van der Waals surface area contributed by atoms with Crippen LogP contribution < -0.4 is 5.32 Å². The van der Waals surface area contributed by atoms with Crippen molar-refractivity contribution in [3.63, 3.8) is 0 Å². The molecule has 0 amide bonds. The van der Waals surface area contributed by atoms with E-state index in [0.717, 1.165) is 11.9 Å². The molecule has 1 aromatic carbocycles. The standard InChI is InChI=1S/C15H21N3S2/c1-16-12(14-10-19-7-8-20-14)9-15-17-11-5-3-4-6-13(11)18(15)2/h3-6,12,14,16H,7-10H2,1-2H3. The summed E-state index contributed by atoms with van der Waals surface area (Å²) in [6, 6.07) is 8.88. The summed E-state index contributed by atoms with van der Waals surface area (Å²) >= 11 is 4.19. The largest absolute Gasteiger partial charge is 0.331 e. The number of imidazole rings is 1. The predicted molar refractivity (Wildman–Crippen MR) is 90.8 cm³/mol. The van der Waals surface area contributed by atoms with Gasteiger partial charge in [0, 0.05) is 42.0 Å². The van der Waals surface area contributed by atoms with E-state index in [0.29, 0.717) is 11.3 Å². The maximum Gasteiger partial charge on any atom is 0.111 e. The molecule has 5 heteroatoms. The summed E-state index contributed by atoms with van der Waals surface area (Å²) in [6.45, 7) is 0. The van der Waals surface area contributed by atoms with Gasteiger partial charge < -0.3 is 9.88 Å². The summed E-state index contributed by atoms with van der Waals surface area (Å²) in [7, 11) is 4.20. The van der Waals surface area contributed by atoms with Crippen molar-refractivity contribution < 1.29 is 0 Å². The molecular formula is C15H21N3S2. The summed E-state index contributed by atoms with van der Waals surface area (Å²) in [6.07, 6.45) is 1.000. The fraction of sp³-hybridized carbons (Fsp3) is 0.533. The van der Waals surface area contributed by atoms with E-state index in [2.05, 4.69) is 71.8 Å². The lowest BCUT2D eigenvalue weighted by molar-refractivity contribution is 0.536. The molecule has 0 bridgehead atoms. The van der Waals surface area contributed by atoms with Gasteiger partial charge in [0.25, 0.3) is 0 Å². The van der Waals surface area contributed by atoms with Gasteiger partial charge in [-0.05, 0) is 19.2 Å². The minimum Gasteiger partial charge on any atom is -0.331 e. The Labute approximate surface area is 128 Å². The van der Waals surface area contributed by atoms with Crippen molar-refractivity contribution in [2.24, 2.45) is 7.05 Å². The number of rotatable bonds is 4. The van der Waals surface area contributed by atoms with E-state index in [9.17, 15) is 0 Å². The van der Waals surface area contributed by atoms with Gasteiger partial charge in [-0.25, -0.2) is 4.98 Å². The fourth-order valence-corrected chi connectivity index (χ4v) is 5.66. The minimum atomic E-state index is 0.503. The van der Waals surface area contributed by atoms with Crippen LogP contribution in [0.2, 0.25) is 0 Å². The average Bonchev–Trinajstić information content (AvgIpc) is 2.82. The van der Waals surface area contributed by atoms with Crippen molar-refractivity contribution in [3.8, 4) is 0 Å². The van der Waals surface area contributed by atoms with Crippen LogP contribution >= 0.6 is 23.5 Å². The Bertz CT molecular complexity index is 576. The number of hydrogen-bond donors (Lipinski definition) is 1. The zero-order chi connectivity index (χ0) is 13.9. The summed E-state index contributed by atoms with van der Waals surface area (Å²) in [4.78, 5) is 4.80. The van der Waals surface area contributed by atoms with Crippen molar-refractivity contribution >= 4 is 34.6 Å². The first-order valence-corrected chi connectivity index (χ1v) is 9.27. The number of fused-ring (bicyclic) bond motifs is 1. The van der Waals surface area contributed by atoms with Gasteiger partial charge in [-0.2, -0.15) is 23.5 Å². The van der Waals surface area contributed by atoms with E-state index in [4.69, 9.17) is 4.98 Å². The van der Waals surface area contributed by atoms with Crippen LogP contribution in [0.1, 0.15) is 5.82 Å². The Balaban J connectivity index is 1.81. The van der Waals surface area contributed by atoms with Crippen LogP contribution in [-0.4, -0.2) is 45.1 Å². The Morgan fingerprint density at radius 2 is 2.25 bits per heavy atom. The fourth-order valence-electron chi connectivity index (χ4n) is 2.73. The Morgan fingerprint density at radius 3 is 2.95 bits per heavy atom. The first kappa shape index (κ1) is 14.3. The summed E-state index contributed by atoms with van der Waals surface area (Å²) in [5, 5.41) is 4.20. The second-order valence-electron chi connectivity index (χ2n) is 5.16. The molecule has 2 aromatic rings. The van der Waals surface area contributed by atoms with Crippen LogP contribution in [0.3, 0.4) is 0 Å². The van der Waals surface area contributed by atoms with E-state index in [1.54, 1.807) is 0 Å². The topological polar surface area (TPSA) is 29.9 Å². The van der Waals surface area contributed by atoms with E-state index in [1.807, 2.05) is 0 Å². The lowest BCUT2D eigenvalue weighted by Crippen LogP contribution is -2.41. The first-order valence-electron chi connectivity index (χ1n) is 7.06. The molecule has 1 aliphatic rings. The van der Waals surface area contributed by atoms with Crippen molar-refractivity contribution in [2.45, 2.75) is 17.7 Å². The van der Waals surface area contributed by atoms with Gasteiger partial charge in [-0.1, -0.05) is 12.1 Å². The summed E-state index contributed by atoms with van der Waals surface area (Å²) < 4.78 is 2.24. The number of aryl methyl sites for hydroxylation is 1. The molecule has 3 nitrogen and oxygen atoms in total. The second kappa shape index (κ2) is 6.41. The number of hydrogen-bond acceptors (Lipinski definition) is 4. The third-order valence-electron chi connectivity index (χ3n) is 3.94.